The molecule has 1 fully saturated rings. The van der Waals surface area contributed by atoms with Crippen LogP contribution in [0.5, 0.6) is 0 Å². The van der Waals surface area contributed by atoms with Crippen LogP contribution < -0.4 is 11.0 Å². The van der Waals surface area contributed by atoms with E-state index in [1.54, 1.807) is 0 Å². The molecule has 0 amide bonds. The van der Waals surface area contributed by atoms with Crippen molar-refractivity contribution in [3.05, 3.63) is 34.2 Å². The number of para-hydroxylation sites is 1. The summed E-state index contributed by atoms with van der Waals surface area (Å²) >= 11 is 0. The summed E-state index contributed by atoms with van der Waals surface area (Å²) in [6, 6.07) is 6.05. The third-order valence-electron chi connectivity index (χ3n) is 3.62. The maximum Gasteiger partial charge on any atom is 0.326 e. The predicted octanol–water partition coefficient (Wildman–Crippen LogP) is 1.25. The second-order valence-electron chi connectivity index (χ2n) is 4.87. The Morgan fingerprint density at radius 2 is 2.35 bits per heavy atom. The van der Waals surface area contributed by atoms with E-state index in [1.807, 2.05) is 29.7 Å². The van der Waals surface area contributed by atoms with Crippen molar-refractivity contribution < 1.29 is 0 Å². The largest absolute Gasteiger partial charge is 0.326 e. The number of hydrogen-bond donors (Lipinski definition) is 2. The average molecular weight is 231 g/mol. The van der Waals surface area contributed by atoms with E-state index in [0.717, 1.165) is 42.7 Å². The fourth-order valence-electron chi connectivity index (χ4n) is 2.63. The molecule has 0 aliphatic carbocycles. The molecular weight excluding hydrogens is 214 g/mol. The quantitative estimate of drug-likeness (QED) is 0.817. The average Bonchev–Trinajstić information content (AvgIpc) is 2.91. The number of nitrogens with zero attached hydrogens (tertiary/aromatic N) is 1. The lowest BCUT2D eigenvalue weighted by molar-refractivity contribution is 0.481. The standard InChI is InChI=1S/C13H17N3O/c1-9-3-2-4-11-12(9)15-13(17)16(11)8-10-5-6-14-7-10/h2-4,10,14H,5-8H2,1H3,(H,15,17). The first-order chi connectivity index (χ1) is 8.25. The number of hydrogen-bond acceptors (Lipinski definition) is 2. The molecule has 90 valence electrons. The third-order valence-corrected chi connectivity index (χ3v) is 3.62. The van der Waals surface area contributed by atoms with Gasteiger partial charge in [-0.05, 0) is 44.0 Å². The highest BCUT2D eigenvalue weighted by Gasteiger charge is 2.17. The maximum atomic E-state index is 12.0. The Bertz CT molecular complexity index is 590. The minimum Gasteiger partial charge on any atom is -0.316 e. The second-order valence-corrected chi connectivity index (χ2v) is 4.87. The van der Waals surface area contributed by atoms with E-state index in [1.165, 1.54) is 0 Å². The van der Waals surface area contributed by atoms with E-state index in [4.69, 9.17) is 0 Å². The Morgan fingerprint density at radius 3 is 3.12 bits per heavy atom. The molecule has 1 aliphatic heterocycles. The molecule has 2 aromatic rings. The van der Waals surface area contributed by atoms with Gasteiger partial charge in [-0.1, -0.05) is 12.1 Å². The Hall–Kier alpha value is -1.55. The topological polar surface area (TPSA) is 49.8 Å². The van der Waals surface area contributed by atoms with E-state index in [9.17, 15) is 4.79 Å². The Labute approximate surface area is 99.6 Å². The van der Waals surface area contributed by atoms with E-state index < -0.39 is 0 Å². The van der Waals surface area contributed by atoms with Gasteiger partial charge in [0.25, 0.3) is 0 Å². The summed E-state index contributed by atoms with van der Waals surface area (Å²) in [5.41, 5.74) is 3.15. The van der Waals surface area contributed by atoms with Gasteiger partial charge in [0.15, 0.2) is 0 Å². The second kappa shape index (κ2) is 4.04. The first-order valence-electron chi connectivity index (χ1n) is 6.14. The van der Waals surface area contributed by atoms with Gasteiger partial charge in [-0.3, -0.25) is 4.57 Å². The summed E-state index contributed by atoms with van der Waals surface area (Å²) in [5, 5.41) is 3.34. The maximum absolute atomic E-state index is 12.0. The van der Waals surface area contributed by atoms with Crippen molar-refractivity contribution in [2.75, 3.05) is 13.1 Å². The highest BCUT2D eigenvalue weighted by molar-refractivity contribution is 5.78. The molecular formula is C13H17N3O. The highest BCUT2D eigenvalue weighted by Crippen LogP contribution is 2.17. The monoisotopic (exact) mass is 231 g/mol. The van der Waals surface area contributed by atoms with Crippen LogP contribution in [0.2, 0.25) is 0 Å². The van der Waals surface area contributed by atoms with Gasteiger partial charge in [0.05, 0.1) is 11.0 Å². The van der Waals surface area contributed by atoms with Crippen LogP contribution in [-0.2, 0) is 6.54 Å². The van der Waals surface area contributed by atoms with Crippen LogP contribution in [0.25, 0.3) is 11.0 Å². The number of benzene rings is 1. The molecule has 2 heterocycles. The van der Waals surface area contributed by atoms with Crippen LogP contribution in [-0.4, -0.2) is 22.6 Å². The molecule has 1 atom stereocenters. The molecule has 1 aliphatic rings. The van der Waals surface area contributed by atoms with E-state index in [0.29, 0.717) is 5.92 Å². The number of rotatable bonds is 2. The lowest BCUT2D eigenvalue weighted by atomic mass is 10.1. The van der Waals surface area contributed by atoms with E-state index in [2.05, 4.69) is 10.3 Å². The number of nitrogens with one attached hydrogen (secondary N) is 2. The first-order valence-corrected chi connectivity index (χ1v) is 6.14. The van der Waals surface area contributed by atoms with Crippen molar-refractivity contribution >= 4 is 11.0 Å². The van der Waals surface area contributed by atoms with Gasteiger partial charge < -0.3 is 10.3 Å². The molecule has 0 spiro atoms. The molecule has 1 unspecified atom stereocenters. The summed E-state index contributed by atoms with van der Waals surface area (Å²) in [7, 11) is 0. The fraction of sp³-hybridized carbons (Fsp3) is 0.462. The van der Waals surface area contributed by atoms with Gasteiger partial charge in [0.2, 0.25) is 0 Å². The van der Waals surface area contributed by atoms with Gasteiger partial charge in [-0.15, -0.1) is 0 Å². The van der Waals surface area contributed by atoms with Crippen LogP contribution in [0.15, 0.2) is 23.0 Å². The molecule has 0 saturated carbocycles. The Kier molecular flexibility index (Phi) is 2.52. The normalized spacial score (nSPS) is 20.2. The highest BCUT2D eigenvalue weighted by atomic mass is 16.1. The minimum atomic E-state index is 0.0150. The van der Waals surface area contributed by atoms with Crippen LogP contribution in [0.4, 0.5) is 0 Å². The summed E-state index contributed by atoms with van der Waals surface area (Å²) in [5.74, 6) is 0.576. The third kappa shape index (κ3) is 1.78. The number of aryl methyl sites for hydroxylation is 1. The molecule has 2 N–H and O–H groups in total. The summed E-state index contributed by atoms with van der Waals surface area (Å²) in [4.78, 5) is 14.9. The van der Waals surface area contributed by atoms with Gasteiger partial charge >= 0.3 is 5.69 Å². The Balaban J connectivity index is 2.06. The molecule has 4 heteroatoms. The van der Waals surface area contributed by atoms with Crippen molar-refractivity contribution in [1.29, 1.82) is 0 Å². The molecule has 0 bridgehead atoms. The number of H-pyrrole nitrogens is 1. The SMILES string of the molecule is Cc1cccc2c1[nH]c(=O)n2CC1CCNC1. The summed E-state index contributed by atoms with van der Waals surface area (Å²) in [6.07, 6.45) is 1.16. The van der Waals surface area contributed by atoms with Crippen molar-refractivity contribution in [3.63, 3.8) is 0 Å². The lowest BCUT2D eigenvalue weighted by Crippen LogP contribution is -2.22. The van der Waals surface area contributed by atoms with Crippen molar-refractivity contribution in [2.45, 2.75) is 19.9 Å². The number of aromatic nitrogens is 2. The number of aromatic amines is 1. The lowest BCUT2D eigenvalue weighted by Gasteiger charge is -2.09. The smallest absolute Gasteiger partial charge is 0.316 e. The summed E-state index contributed by atoms with van der Waals surface area (Å²) < 4.78 is 1.88. The molecule has 17 heavy (non-hydrogen) atoms. The van der Waals surface area contributed by atoms with Crippen LogP contribution in [0.1, 0.15) is 12.0 Å². The van der Waals surface area contributed by atoms with E-state index in [-0.39, 0.29) is 5.69 Å². The van der Waals surface area contributed by atoms with Gasteiger partial charge in [0.1, 0.15) is 0 Å². The van der Waals surface area contributed by atoms with Crippen LogP contribution in [0, 0.1) is 12.8 Å². The van der Waals surface area contributed by atoms with Crippen molar-refractivity contribution in [1.82, 2.24) is 14.9 Å². The molecule has 1 aromatic carbocycles. The molecule has 1 saturated heterocycles. The van der Waals surface area contributed by atoms with Gasteiger partial charge in [0, 0.05) is 6.54 Å². The van der Waals surface area contributed by atoms with Crippen molar-refractivity contribution in [2.24, 2.45) is 5.92 Å². The predicted molar refractivity (Wildman–Crippen MR) is 68.3 cm³/mol. The van der Waals surface area contributed by atoms with Gasteiger partial charge in [-0.25, -0.2) is 4.79 Å². The Morgan fingerprint density at radius 1 is 1.47 bits per heavy atom. The molecule has 3 rings (SSSR count). The number of fused-ring (bicyclic) bond motifs is 1. The summed E-state index contributed by atoms with van der Waals surface area (Å²) in [6.45, 7) is 4.93. The minimum absolute atomic E-state index is 0.0150. The zero-order valence-electron chi connectivity index (χ0n) is 9.99. The van der Waals surface area contributed by atoms with Crippen LogP contribution >= 0.6 is 0 Å². The number of imidazole rings is 1. The van der Waals surface area contributed by atoms with Crippen LogP contribution in [0.3, 0.4) is 0 Å². The first kappa shape index (κ1) is 10.6. The van der Waals surface area contributed by atoms with E-state index >= 15 is 0 Å². The molecule has 4 nitrogen and oxygen atoms in total. The van der Waals surface area contributed by atoms with Gasteiger partial charge in [-0.2, -0.15) is 0 Å². The zero-order valence-corrected chi connectivity index (χ0v) is 9.99. The zero-order chi connectivity index (χ0) is 11.8. The fourth-order valence-corrected chi connectivity index (χ4v) is 2.63. The molecule has 0 radical (unpaired) electrons. The van der Waals surface area contributed by atoms with Crippen molar-refractivity contribution in [3.8, 4) is 0 Å². The molecule has 1 aromatic heterocycles.